The number of amides is 1. The average molecular weight is 320 g/mol. The molecule has 0 heterocycles. The number of benzene rings is 1. The van der Waals surface area contributed by atoms with E-state index in [1.807, 2.05) is 6.92 Å². The van der Waals surface area contributed by atoms with Crippen LogP contribution < -0.4 is 4.74 Å². The summed E-state index contributed by atoms with van der Waals surface area (Å²) in [5.74, 6) is 0.582. The van der Waals surface area contributed by atoms with Gasteiger partial charge in [0.1, 0.15) is 5.75 Å². The van der Waals surface area contributed by atoms with Gasteiger partial charge in [-0.1, -0.05) is 23.2 Å². The first-order valence-electron chi connectivity index (χ1n) is 6.55. The molecule has 0 radical (unpaired) electrons. The van der Waals surface area contributed by atoms with E-state index >= 15 is 0 Å². The minimum Gasteiger partial charge on any atom is -0.492 e. The molecule has 0 aliphatic carbocycles. The van der Waals surface area contributed by atoms with Gasteiger partial charge in [-0.05, 0) is 31.5 Å². The Balaban J connectivity index is 2.32. The first-order chi connectivity index (χ1) is 9.58. The Morgan fingerprint density at radius 1 is 1.40 bits per heavy atom. The summed E-state index contributed by atoms with van der Waals surface area (Å²) in [6.07, 6.45) is 0.985. The number of hydrogen-bond donors (Lipinski definition) is 1. The van der Waals surface area contributed by atoms with Gasteiger partial charge < -0.3 is 14.7 Å². The molecule has 0 fully saturated rings. The van der Waals surface area contributed by atoms with E-state index in [0.29, 0.717) is 48.3 Å². The molecule has 0 spiro atoms. The van der Waals surface area contributed by atoms with E-state index in [1.165, 1.54) is 0 Å². The molecule has 1 aromatic rings. The second kappa shape index (κ2) is 9.06. The topological polar surface area (TPSA) is 49.8 Å². The first-order valence-corrected chi connectivity index (χ1v) is 7.30. The lowest BCUT2D eigenvalue weighted by Gasteiger charge is -2.19. The number of carbonyl (C=O) groups excluding carboxylic acids is 1. The van der Waals surface area contributed by atoms with Crippen LogP contribution in [0.25, 0.3) is 0 Å². The fourth-order valence-corrected chi connectivity index (χ4v) is 2.20. The maximum atomic E-state index is 11.8. The number of rotatable bonds is 8. The fourth-order valence-electron chi connectivity index (χ4n) is 1.74. The highest BCUT2D eigenvalue weighted by atomic mass is 35.5. The van der Waals surface area contributed by atoms with E-state index in [4.69, 9.17) is 33.0 Å². The smallest absolute Gasteiger partial charge is 0.222 e. The lowest BCUT2D eigenvalue weighted by Crippen LogP contribution is -2.33. The van der Waals surface area contributed by atoms with Crippen molar-refractivity contribution >= 4 is 29.1 Å². The van der Waals surface area contributed by atoms with Crippen molar-refractivity contribution in [2.75, 3.05) is 26.3 Å². The molecule has 6 heteroatoms. The van der Waals surface area contributed by atoms with Gasteiger partial charge in [-0.25, -0.2) is 0 Å². The number of carbonyl (C=O) groups is 1. The van der Waals surface area contributed by atoms with Crippen molar-refractivity contribution in [1.29, 1.82) is 0 Å². The summed E-state index contributed by atoms with van der Waals surface area (Å²) < 4.78 is 5.50. The standard InChI is InChI=1S/C14H19Cl2NO3/c1-2-17(7-8-18)14(19)4-3-9-20-13-6-5-11(15)10-12(13)16/h5-6,10,18H,2-4,7-9H2,1H3. The van der Waals surface area contributed by atoms with Crippen LogP contribution in [0.5, 0.6) is 5.75 Å². The number of aliphatic hydroxyl groups excluding tert-OH is 1. The van der Waals surface area contributed by atoms with Crippen molar-refractivity contribution in [1.82, 2.24) is 4.90 Å². The summed E-state index contributed by atoms with van der Waals surface area (Å²) in [4.78, 5) is 13.4. The zero-order valence-electron chi connectivity index (χ0n) is 11.4. The Hall–Kier alpha value is -0.970. The predicted molar refractivity (Wildman–Crippen MR) is 80.5 cm³/mol. The molecular weight excluding hydrogens is 301 g/mol. The first kappa shape index (κ1) is 17.1. The molecule has 112 valence electrons. The van der Waals surface area contributed by atoms with E-state index in [9.17, 15) is 4.79 Å². The van der Waals surface area contributed by atoms with Crippen LogP contribution in [0.2, 0.25) is 10.0 Å². The summed E-state index contributed by atoms with van der Waals surface area (Å²) in [5.41, 5.74) is 0. The van der Waals surface area contributed by atoms with Gasteiger partial charge in [0.25, 0.3) is 0 Å². The normalized spacial score (nSPS) is 10.4. The summed E-state index contributed by atoms with van der Waals surface area (Å²) >= 11 is 11.8. The van der Waals surface area contributed by atoms with Gasteiger partial charge in [-0.15, -0.1) is 0 Å². The fraction of sp³-hybridized carbons (Fsp3) is 0.500. The Labute approximate surface area is 129 Å². The van der Waals surface area contributed by atoms with Gasteiger partial charge in [0.05, 0.1) is 18.2 Å². The summed E-state index contributed by atoms with van der Waals surface area (Å²) in [7, 11) is 0. The van der Waals surface area contributed by atoms with E-state index in [2.05, 4.69) is 0 Å². The lowest BCUT2D eigenvalue weighted by molar-refractivity contribution is -0.131. The van der Waals surface area contributed by atoms with Crippen LogP contribution in [-0.4, -0.2) is 42.2 Å². The third-order valence-electron chi connectivity index (χ3n) is 2.79. The molecule has 0 unspecified atom stereocenters. The van der Waals surface area contributed by atoms with Crippen LogP contribution in [0.3, 0.4) is 0 Å². The van der Waals surface area contributed by atoms with Gasteiger partial charge in [-0.2, -0.15) is 0 Å². The highest BCUT2D eigenvalue weighted by Gasteiger charge is 2.10. The molecule has 0 atom stereocenters. The highest BCUT2D eigenvalue weighted by molar-refractivity contribution is 6.35. The summed E-state index contributed by atoms with van der Waals surface area (Å²) in [6.45, 7) is 3.25. The largest absolute Gasteiger partial charge is 0.492 e. The van der Waals surface area contributed by atoms with E-state index in [0.717, 1.165) is 0 Å². The van der Waals surface area contributed by atoms with Crippen molar-refractivity contribution in [3.8, 4) is 5.75 Å². The molecule has 0 aliphatic heterocycles. The monoisotopic (exact) mass is 319 g/mol. The molecular formula is C14H19Cl2NO3. The Kier molecular flexibility index (Phi) is 7.73. The van der Waals surface area contributed by atoms with Gasteiger partial charge in [-0.3, -0.25) is 4.79 Å². The third-order valence-corrected chi connectivity index (χ3v) is 3.32. The van der Waals surface area contributed by atoms with Crippen LogP contribution in [-0.2, 0) is 4.79 Å². The maximum absolute atomic E-state index is 11.8. The average Bonchev–Trinajstić information content (AvgIpc) is 2.42. The third kappa shape index (κ3) is 5.57. The molecule has 1 aromatic carbocycles. The molecule has 0 saturated carbocycles. The number of ether oxygens (including phenoxy) is 1. The molecule has 4 nitrogen and oxygen atoms in total. The number of aliphatic hydroxyl groups is 1. The second-order valence-electron chi connectivity index (χ2n) is 4.22. The Morgan fingerprint density at radius 2 is 2.15 bits per heavy atom. The van der Waals surface area contributed by atoms with Gasteiger partial charge in [0, 0.05) is 24.5 Å². The molecule has 1 amide bonds. The number of likely N-dealkylation sites (N-methyl/N-ethyl adjacent to an activating group) is 1. The van der Waals surface area contributed by atoms with E-state index < -0.39 is 0 Å². The quantitative estimate of drug-likeness (QED) is 0.749. The lowest BCUT2D eigenvalue weighted by atomic mass is 10.3. The number of nitrogens with zero attached hydrogens (tertiary/aromatic N) is 1. The maximum Gasteiger partial charge on any atom is 0.222 e. The molecule has 0 aliphatic rings. The van der Waals surface area contributed by atoms with E-state index in [1.54, 1.807) is 23.1 Å². The van der Waals surface area contributed by atoms with Crippen molar-refractivity contribution in [3.63, 3.8) is 0 Å². The van der Waals surface area contributed by atoms with Crippen molar-refractivity contribution in [2.45, 2.75) is 19.8 Å². The minimum atomic E-state index is -0.0174. The van der Waals surface area contributed by atoms with Crippen LogP contribution in [0.15, 0.2) is 18.2 Å². The molecule has 1 N–H and O–H groups in total. The minimum absolute atomic E-state index is 0.0174. The van der Waals surface area contributed by atoms with Crippen molar-refractivity contribution in [2.24, 2.45) is 0 Å². The van der Waals surface area contributed by atoms with E-state index in [-0.39, 0.29) is 12.5 Å². The zero-order valence-corrected chi connectivity index (χ0v) is 13.0. The van der Waals surface area contributed by atoms with Gasteiger partial charge >= 0.3 is 0 Å². The SMILES string of the molecule is CCN(CCO)C(=O)CCCOc1ccc(Cl)cc1Cl. The molecule has 0 saturated heterocycles. The van der Waals surface area contributed by atoms with Gasteiger partial charge in [0.2, 0.25) is 5.91 Å². The second-order valence-corrected chi connectivity index (χ2v) is 5.07. The predicted octanol–water partition coefficient (Wildman–Crippen LogP) is 2.99. The zero-order chi connectivity index (χ0) is 15.0. The molecule has 1 rings (SSSR count). The number of hydrogen-bond acceptors (Lipinski definition) is 3. The summed E-state index contributed by atoms with van der Waals surface area (Å²) in [6, 6.07) is 5.02. The van der Waals surface area contributed by atoms with Crippen LogP contribution >= 0.6 is 23.2 Å². The highest BCUT2D eigenvalue weighted by Crippen LogP contribution is 2.27. The molecule has 0 bridgehead atoms. The van der Waals surface area contributed by atoms with Crippen molar-refractivity contribution < 1.29 is 14.6 Å². The molecule has 0 aromatic heterocycles. The summed E-state index contributed by atoms with van der Waals surface area (Å²) in [5, 5.41) is 9.86. The Bertz CT molecular complexity index is 440. The number of halogens is 2. The van der Waals surface area contributed by atoms with Gasteiger partial charge in [0.15, 0.2) is 0 Å². The Morgan fingerprint density at radius 3 is 2.75 bits per heavy atom. The van der Waals surface area contributed by atoms with Crippen LogP contribution in [0, 0.1) is 0 Å². The van der Waals surface area contributed by atoms with Crippen LogP contribution in [0.1, 0.15) is 19.8 Å². The van der Waals surface area contributed by atoms with Crippen LogP contribution in [0.4, 0.5) is 0 Å². The van der Waals surface area contributed by atoms with Crippen molar-refractivity contribution in [3.05, 3.63) is 28.2 Å². The molecule has 20 heavy (non-hydrogen) atoms.